The van der Waals surface area contributed by atoms with Crippen molar-refractivity contribution in [2.75, 3.05) is 17.7 Å². The highest BCUT2D eigenvalue weighted by Crippen LogP contribution is 2.32. The quantitative estimate of drug-likeness (QED) is 0.815. The van der Waals surface area contributed by atoms with E-state index in [4.69, 9.17) is 22.1 Å². The van der Waals surface area contributed by atoms with Crippen molar-refractivity contribution in [1.82, 2.24) is 0 Å². The Hall–Kier alpha value is -1.87. The standard InChI is InChI=1S/C15H17ClN2O/c1-3-19-15-7-5-4-6-13(15)18-14-9-11(16)12(17)8-10(14)2/h4-9,18H,3,17H2,1-2H3. The number of benzene rings is 2. The number of nitrogens with two attached hydrogens (primary N) is 1. The minimum Gasteiger partial charge on any atom is -0.492 e. The highest BCUT2D eigenvalue weighted by molar-refractivity contribution is 6.33. The first-order chi connectivity index (χ1) is 9.11. The summed E-state index contributed by atoms with van der Waals surface area (Å²) in [6.45, 7) is 4.57. The first kappa shape index (κ1) is 13.6. The van der Waals surface area contributed by atoms with Crippen LogP contribution in [0.1, 0.15) is 12.5 Å². The maximum Gasteiger partial charge on any atom is 0.142 e. The van der Waals surface area contributed by atoms with Crippen LogP contribution in [-0.4, -0.2) is 6.61 Å². The molecule has 0 amide bonds. The Labute approximate surface area is 118 Å². The number of hydrogen-bond acceptors (Lipinski definition) is 3. The molecule has 0 unspecified atom stereocenters. The first-order valence-electron chi connectivity index (χ1n) is 6.16. The Morgan fingerprint density at radius 1 is 1.21 bits per heavy atom. The zero-order valence-corrected chi connectivity index (χ0v) is 11.8. The van der Waals surface area contributed by atoms with E-state index >= 15 is 0 Å². The second kappa shape index (κ2) is 5.85. The highest BCUT2D eigenvalue weighted by atomic mass is 35.5. The van der Waals surface area contributed by atoms with Crippen LogP contribution in [0.4, 0.5) is 17.1 Å². The van der Waals surface area contributed by atoms with E-state index in [9.17, 15) is 0 Å². The summed E-state index contributed by atoms with van der Waals surface area (Å²) in [5.74, 6) is 0.817. The van der Waals surface area contributed by atoms with E-state index in [1.54, 1.807) is 0 Å². The second-order valence-electron chi connectivity index (χ2n) is 4.24. The van der Waals surface area contributed by atoms with Crippen LogP contribution in [0.3, 0.4) is 0 Å². The molecular weight excluding hydrogens is 260 g/mol. The molecule has 2 aromatic carbocycles. The van der Waals surface area contributed by atoms with Gasteiger partial charge in [0.25, 0.3) is 0 Å². The van der Waals surface area contributed by atoms with Crippen LogP contribution < -0.4 is 15.8 Å². The molecule has 0 aliphatic heterocycles. The molecule has 2 aromatic rings. The number of halogens is 1. The van der Waals surface area contributed by atoms with Crippen LogP contribution in [0.25, 0.3) is 0 Å². The molecule has 0 aromatic heterocycles. The summed E-state index contributed by atoms with van der Waals surface area (Å²) in [5.41, 5.74) is 9.23. The van der Waals surface area contributed by atoms with Crippen LogP contribution >= 0.6 is 11.6 Å². The maximum absolute atomic E-state index is 6.06. The van der Waals surface area contributed by atoms with Crippen molar-refractivity contribution in [3.63, 3.8) is 0 Å². The van der Waals surface area contributed by atoms with Gasteiger partial charge in [-0.25, -0.2) is 0 Å². The maximum atomic E-state index is 6.06. The van der Waals surface area contributed by atoms with E-state index < -0.39 is 0 Å². The highest BCUT2D eigenvalue weighted by Gasteiger charge is 2.07. The van der Waals surface area contributed by atoms with E-state index in [1.165, 1.54) is 0 Å². The molecule has 0 saturated heterocycles. The Kier molecular flexibility index (Phi) is 4.17. The minimum atomic E-state index is 0.544. The van der Waals surface area contributed by atoms with Gasteiger partial charge in [-0.3, -0.25) is 0 Å². The van der Waals surface area contributed by atoms with Gasteiger partial charge in [0.15, 0.2) is 0 Å². The van der Waals surface area contributed by atoms with Crippen LogP contribution in [0.2, 0.25) is 5.02 Å². The number of aryl methyl sites for hydroxylation is 1. The van der Waals surface area contributed by atoms with Gasteiger partial charge in [-0.05, 0) is 43.7 Å². The molecule has 0 aliphatic carbocycles. The zero-order valence-electron chi connectivity index (χ0n) is 11.0. The van der Waals surface area contributed by atoms with E-state index in [0.29, 0.717) is 17.3 Å². The molecule has 0 saturated carbocycles. The van der Waals surface area contributed by atoms with Gasteiger partial charge in [0.1, 0.15) is 5.75 Å². The third-order valence-electron chi connectivity index (χ3n) is 2.80. The van der Waals surface area contributed by atoms with Crippen molar-refractivity contribution < 1.29 is 4.74 Å². The molecule has 0 bridgehead atoms. The monoisotopic (exact) mass is 276 g/mol. The molecule has 2 rings (SSSR count). The second-order valence-corrected chi connectivity index (χ2v) is 4.65. The number of rotatable bonds is 4. The van der Waals surface area contributed by atoms with Gasteiger partial charge in [0, 0.05) is 5.69 Å². The molecule has 0 heterocycles. The fourth-order valence-electron chi connectivity index (χ4n) is 1.83. The van der Waals surface area contributed by atoms with Crippen molar-refractivity contribution in [2.24, 2.45) is 0 Å². The summed E-state index contributed by atoms with van der Waals surface area (Å²) in [7, 11) is 0. The van der Waals surface area contributed by atoms with Gasteiger partial charge < -0.3 is 15.8 Å². The van der Waals surface area contributed by atoms with Crippen LogP contribution in [0.5, 0.6) is 5.75 Å². The normalized spacial score (nSPS) is 10.3. The SMILES string of the molecule is CCOc1ccccc1Nc1cc(Cl)c(N)cc1C. The van der Waals surface area contributed by atoms with Crippen molar-refractivity contribution in [3.8, 4) is 5.75 Å². The molecule has 3 nitrogen and oxygen atoms in total. The molecule has 0 radical (unpaired) electrons. The number of nitrogens with one attached hydrogen (secondary N) is 1. The summed E-state index contributed by atoms with van der Waals surface area (Å²) < 4.78 is 5.58. The number of ether oxygens (including phenoxy) is 1. The molecule has 0 spiro atoms. The Morgan fingerprint density at radius 2 is 1.95 bits per heavy atom. The van der Waals surface area contributed by atoms with Crippen LogP contribution in [0.15, 0.2) is 36.4 Å². The van der Waals surface area contributed by atoms with Gasteiger partial charge >= 0.3 is 0 Å². The van der Waals surface area contributed by atoms with E-state index in [0.717, 1.165) is 22.7 Å². The smallest absolute Gasteiger partial charge is 0.142 e. The topological polar surface area (TPSA) is 47.3 Å². The zero-order chi connectivity index (χ0) is 13.8. The van der Waals surface area contributed by atoms with Crippen LogP contribution in [0, 0.1) is 6.92 Å². The van der Waals surface area contributed by atoms with Gasteiger partial charge in [-0.1, -0.05) is 23.7 Å². The molecule has 4 heteroatoms. The predicted octanol–water partition coefficient (Wildman–Crippen LogP) is 4.37. The van der Waals surface area contributed by atoms with Crippen molar-refractivity contribution >= 4 is 28.7 Å². The molecule has 0 fully saturated rings. The molecule has 3 N–H and O–H groups in total. The first-order valence-corrected chi connectivity index (χ1v) is 6.54. The average Bonchev–Trinajstić information content (AvgIpc) is 2.38. The molecule has 100 valence electrons. The summed E-state index contributed by atoms with van der Waals surface area (Å²) in [6, 6.07) is 11.5. The van der Waals surface area contributed by atoms with Crippen LogP contribution in [-0.2, 0) is 0 Å². The number of nitrogen functional groups attached to an aromatic ring is 1. The fourth-order valence-corrected chi connectivity index (χ4v) is 2.00. The number of para-hydroxylation sites is 2. The summed E-state index contributed by atoms with van der Waals surface area (Å²) in [6.07, 6.45) is 0. The van der Waals surface area contributed by atoms with E-state index in [1.807, 2.05) is 50.2 Å². The lowest BCUT2D eigenvalue weighted by molar-refractivity contribution is 0.342. The van der Waals surface area contributed by atoms with Gasteiger partial charge in [0.2, 0.25) is 0 Å². The van der Waals surface area contributed by atoms with Gasteiger partial charge in [-0.2, -0.15) is 0 Å². The molecule has 19 heavy (non-hydrogen) atoms. The Balaban J connectivity index is 2.33. The predicted molar refractivity (Wildman–Crippen MR) is 81.5 cm³/mol. The lowest BCUT2D eigenvalue weighted by atomic mass is 10.1. The number of anilines is 3. The van der Waals surface area contributed by atoms with E-state index in [2.05, 4.69) is 5.32 Å². The van der Waals surface area contributed by atoms with Crippen molar-refractivity contribution in [1.29, 1.82) is 0 Å². The lowest BCUT2D eigenvalue weighted by Crippen LogP contribution is -1.99. The lowest BCUT2D eigenvalue weighted by Gasteiger charge is -2.14. The fraction of sp³-hybridized carbons (Fsp3) is 0.200. The third kappa shape index (κ3) is 3.12. The van der Waals surface area contributed by atoms with Gasteiger partial charge in [-0.15, -0.1) is 0 Å². The molecule has 0 atom stereocenters. The van der Waals surface area contributed by atoms with E-state index in [-0.39, 0.29) is 0 Å². The Morgan fingerprint density at radius 3 is 2.68 bits per heavy atom. The summed E-state index contributed by atoms with van der Waals surface area (Å²) in [4.78, 5) is 0. The summed E-state index contributed by atoms with van der Waals surface area (Å²) >= 11 is 6.06. The molecule has 0 aliphatic rings. The van der Waals surface area contributed by atoms with Gasteiger partial charge in [0.05, 0.1) is 23.0 Å². The third-order valence-corrected chi connectivity index (χ3v) is 3.13. The minimum absolute atomic E-state index is 0.544. The average molecular weight is 277 g/mol. The van der Waals surface area contributed by atoms with Crippen molar-refractivity contribution in [2.45, 2.75) is 13.8 Å². The van der Waals surface area contributed by atoms with Crippen molar-refractivity contribution in [3.05, 3.63) is 47.0 Å². The Bertz CT molecular complexity index is 584. The molecular formula is C15H17ClN2O. The number of hydrogen-bond donors (Lipinski definition) is 2. The largest absolute Gasteiger partial charge is 0.492 e. The summed E-state index contributed by atoms with van der Waals surface area (Å²) in [5, 5.41) is 3.87.